The number of esters is 1. The largest absolute Gasteiger partial charge is 0.460 e. The molecule has 2 saturated carbocycles. The molecule has 45 heavy (non-hydrogen) atoms. The highest BCUT2D eigenvalue weighted by Gasteiger charge is 2.46. The highest BCUT2D eigenvalue weighted by molar-refractivity contribution is 5.98. The third kappa shape index (κ3) is 6.68. The number of rotatable bonds is 9. The van der Waals surface area contributed by atoms with E-state index >= 15 is 0 Å². The summed E-state index contributed by atoms with van der Waals surface area (Å²) in [6.07, 6.45) is 7.47. The van der Waals surface area contributed by atoms with E-state index in [1.165, 1.54) is 6.07 Å². The molecule has 0 aromatic heterocycles. The van der Waals surface area contributed by atoms with Gasteiger partial charge in [-0.2, -0.15) is 0 Å². The molecule has 1 atom stereocenters. The summed E-state index contributed by atoms with van der Waals surface area (Å²) in [5, 5.41) is 3.20. The maximum atomic E-state index is 14.3. The van der Waals surface area contributed by atoms with Gasteiger partial charge >= 0.3 is 5.97 Å². The average molecular weight is 611 g/mol. The molecule has 0 radical (unpaired) electrons. The van der Waals surface area contributed by atoms with Crippen molar-refractivity contribution in [3.63, 3.8) is 0 Å². The van der Waals surface area contributed by atoms with Crippen molar-refractivity contribution in [1.29, 1.82) is 0 Å². The molecule has 0 spiro atoms. The Bertz CT molecular complexity index is 1580. The molecule has 6 nitrogen and oxygen atoms in total. The van der Waals surface area contributed by atoms with E-state index in [1.54, 1.807) is 17.0 Å². The van der Waals surface area contributed by atoms with Gasteiger partial charge in [-0.05, 0) is 99.7 Å². The molecule has 3 aromatic carbocycles. The van der Waals surface area contributed by atoms with Gasteiger partial charge in [0.25, 0.3) is 5.91 Å². The monoisotopic (exact) mass is 610 g/mol. The summed E-state index contributed by atoms with van der Waals surface area (Å²) in [6.45, 7) is 6.34. The van der Waals surface area contributed by atoms with Crippen molar-refractivity contribution in [2.75, 3.05) is 5.32 Å². The van der Waals surface area contributed by atoms with Gasteiger partial charge in [-0.15, -0.1) is 0 Å². The van der Waals surface area contributed by atoms with Crippen LogP contribution in [0, 0.1) is 17.2 Å². The van der Waals surface area contributed by atoms with Crippen molar-refractivity contribution < 1.29 is 23.5 Å². The second kappa shape index (κ2) is 12.4. The second-order valence-electron chi connectivity index (χ2n) is 14.2. The number of halogens is 1. The summed E-state index contributed by atoms with van der Waals surface area (Å²) in [5.74, 6) is -0.712. The van der Waals surface area contributed by atoms with Crippen LogP contribution in [0.25, 0.3) is 0 Å². The maximum Gasteiger partial charge on any atom is 0.312 e. The van der Waals surface area contributed by atoms with Gasteiger partial charge in [0.1, 0.15) is 11.4 Å². The molecule has 2 amide bonds. The molecular weight excluding hydrogens is 567 g/mol. The van der Waals surface area contributed by atoms with Crippen molar-refractivity contribution >= 4 is 23.5 Å². The number of nitrogens with one attached hydrogen (secondary N) is 1. The fraction of sp³-hybridized carbons (Fsp3) is 0.447. The molecule has 6 rings (SSSR count). The molecule has 1 N–H and O–H groups in total. The van der Waals surface area contributed by atoms with E-state index in [-0.39, 0.29) is 42.0 Å². The van der Waals surface area contributed by atoms with Crippen LogP contribution in [0.4, 0.5) is 10.1 Å². The van der Waals surface area contributed by atoms with Crippen LogP contribution in [0.5, 0.6) is 0 Å². The van der Waals surface area contributed by atoms with Crippen LogP contribution in [0.3, 0.4) is 0 Å². The molecule has 2 aliphatic carbocycles. The fourth-order valence-corrected chi connectivity index (χ4v) is 7.27. The van der Waals surface area contributed by atoms with Gasteiger partial charge in [-0.25, -0.2) is 4.39 Å². The third-order valence-corrected chi connectivity index (χ3v) is 9.73. The van der Waals surface area contributed by atoms with Crippen LogP contribution in [-0.4, -0.2) is 28.3 Å². The highest BCUT2D eigenvalue weighted by Crippen LogP contribution is 2.46. The predicted molar refractivity (Wildman–Crippen MR) is 172 cm³/mol. The van der Waals surface area contributed by atoms with E-state index in [9.17, 15) is 18.8 Å². The Morgan fingerprint density at radius 2 is 1.69 bits per heavy atom. The smallest absolute Gasteiger partial charge is 0.312 e. The first kappa shape index (κ1) is 31.0. The summed E-state index contributed by atoms with van der Waals surface area (Å²) < 4.78 is 20.0. The topological polar surface area (TPSA) is 75.7 Å². The first-order valence-electron chi connectivity index (χ1n) is 16.3. The Hall–Kier alpha value is -4.00. The van der Waals surface area contributed by atoms with Crippen molar-refractivity contribution in [3.05, 3.63) is 100 Å². The predicted octanol–water partition coefficient (Wildman–Crippen LogP) is 7.95. The van der Waals surface area contributed by atoms with Crippen LogP contribution in [0.15, 0.2) is 66.7 Å². The quantitative estimate of drug-likeness (QED) is 0.250. The van der Waals surface area contributed by atoms with Crippen molar-refractivity contribution in [2.24, 2.45) is 11.3 Å². The second-order valence-corrected chi connectivity index (χ2v) is 14.2. The van der Waals surface area contributed by atoms with Gasteiger partial charge in [0.2, 0.25) is 5.91 Å². The Morgan fingerprint density at radius 1 is 0.978 bits per heavy atom. The number of anilines is 1. The number of ether oxygens (including phenoxy) is 1. The Balaban J connectivity index is 1.15. The zero-order valence-electron chi connectivity index (χ0n) is 26.5. The first-order chi connectivity index (χ1) is 21.5. The van der Waals surface area contributed by atoms with E-state index in [0.717, 1.165) is 67.3 Å². The first-order valence-corrected chi connectivity index (χ1v) is 16.3. The lowest BCUT2D eigenvalue weighted by Crippen LogP contribution is -2.44. The molecule has 3 aliphatic rings. The summed E-state index contributed by atoms with van der Waals surface area (Å²) >= 11 is 0. The van der Waals surface area contributed by atoms with Crippen molar-refractivity contribution in [3.8, 4) is 0 Å². The lowest BCUT2D eigenvalue weighted by atomic mass is 9.65. The molecular formula is C38H43FN2O4. The summed E-state index contributed by atoms with van der Waals surface area (Å²) in [6, 6.07) is 20.5. The molecule has 7 heteroatoms. The molecule has 0 saturated heterocycles. The minimum atomic E-state index is -0.528. The van der Waals surface area contributed by atoms with Crippen LogP contribution >= 0.6 is 0 Å². The molecule has 3 aromatic rings. The molecule has 2 fully saturated rings. The number of carbonyl (C=O) groups excluding carboxylic acids is 3. The van der Waals surface area contributed by atoms with E-state index < -0.39 is 11.0 Å². The van der Waals surface area contributed by atoms with Gasteiger partial charge in [-0.1, -0.05) is 61.7 Å². The summed E-state index contributed by atoms with van der Waals surface area (Å²) in [7, 11) is 0. The summed E-state index contributed by atoms with van der Waals surface area (Å²) in [5.41, 5.74) is 3.50. The number of carbonyl (C=O) groups is 3. The van der Waals surface area contributed by atoms with Gasteiger partial charge in [-0.3, -0.25) is 14.4 Å². The Kier molecular flexibility index (Phi) is 8.55. The zero-order valence-corrected chi connectivity index (χ0v) is 26.5. The van der Waals surface area contributed by atoms with Crippen LogP contribution in [-0.2, 0) is 33.8 Å². The number of fused-ring (bicyclic) bond motifs is 1. The normalized spacial score (nSPS) is 18.3. The molecule has 1 unspecified atom stereocenters. The number of hydrogen-bond acceptors (Lipinski definition) is 4. The molecule has 1 heterocycles. The molecule has 236 valence electrons. The number of hydrogen-bond donors (Lipinski definition) is 1. The minimum Gasteiger partial charge on any atom is -0.460 e. The van der Waals surface area contributed by atoms with Crippen molar-refractivity contribution in [1.82, 2.24) is 4.90 Å². The summed E-state index contributed by atoms with van der Waals surface area (Å²) in [4.78, 5) is 41.5. The average Bonchev–Trinajstić information content (AvgIpc) is 3.60. The van der Waals surface area contributed by atoms with Crippen molar-refractivity contribution in [2.45, 2.75) is 96.7 Å². The van der Waals surface area contributed by atoms with Gasteiger partial charge in [0.05, 0.1) is 17.9 Å². The SMILES string of the molecule is CC(C)(C)OC(=O)C1(Cc2cccc(NC(=O)C(c3ccc(CN4Cc5c(F)cccc5C4=O)cc3)C3CCCC3)c2)CCC1. The van der Waals surface area contributed by atoms with Gasteiger partial charge in [0, 0.05) is 23.4 Å². The zero-order chi connectivity index (χ0) is 31.8. The Labute approximate surface area is 265 Å². The van der Waals surface area contributed by atoms with Crippen LogP contribution < -0.4 is 5.32 Å². The minimum absolute atomic E-state index is 0.0297. The lowest BCUT2D eigenvalue weighted by Gasteiger charge is -2.41. The van der Waals surface area contributed by atoms with Crippen LogP contribution in [0.1, 0.15) is 104 Å². The molecule has 1 aliphatic heterocycles. The maximum absolute atomic E-state index is 14.3. The molecule has 0 bridgehead atoms. The van der Waals surface area contributed by atoms with Crippen LogP contribution in [0.2, 0.25) is 0 Å². The number of amides is 2. The lowest BCUT2D eigenvalue weighted by molar-refractivity contribution is -0.173. The third-order valence-electron chi connectivity index (χ3n) is 9.73. The van der Waals surface area contributed by atoms with E-state index in [4.69, 9.17) is 4.74 Å². The number of benzene rings is 3. The highest BCUT2D eigenvalue weighted by atomic mass is 19.1. The van der Waals surface area contributed by atoms with E-state index in [1.807, 2.05) is 69.3 Å². The van der Waals surface area contributed by atoms with E-state index in [0.29, 0.717) is 24.1 Å². The Morgan fingerprint density at radius 3 is 2.33 bits per heavy atom. The van der Waals surface area contributed by atoms with E-state index in [2.05, 4.69) is 5.32 Å². The van der Waals surface area contributed by atoms with Gasteiger partial charge in [0.15, 0.2) is 0 Å². The van der Waals surface area contributed by atoms with Gasteiger partial charge < -0.3 is 15.0 Å². The number of nitrogens with zero attached hydrogens (tertiary/aromatic N) is 1. The fourth-order valence-electron chi connectivity index (χ4n) is 7.27. The standard InChI is InChI=1S/C38H43FN2O4/c1-37(2,3)45-36(44)38(19-8-20-38)22-26-9-6-12-29(21-26)40-34(42)33(27-10-4-5-11-27)28-17-15-25(16-18-28)23-41-24-31-30(35(41)43)13-7-14-32(31)39/h6-7,9,12-18,21,27,33H,4-5,8,10-11,19-20,22-24H2,1-3H3,(H,40,42).